The standard InChI is InChI=1S/C16H10BrNO3/c17-11-3-1-2-9(6-11)7-13-12-8-10(16(20)21)4-5-14(12)18-15(13)19/h1-8H,(H,18,19)(H,20,21)/b13-7+. The maximum absolute atomic E-state index is 12.1. The molecule has 0 atom stereocenters. The van der Waals surface area contributed by atoms with Crippen LogP contribution in [0, 0.1) is 0 Å². The molecular formula is C16H10BrNO3. The normalized spacial score (nSPS) is 14.9. The maximum atomic E-state index is 12.1. The maximum Gasteiger partial charge on any atom is 0.335 e. The van der Waals surface area contributed by atoms with Gasteiger partial charge in [-0.1, -0.05) is 28.1 Å². The zero-order chi connectivity index (χ0) is 15.0. The summed E-state index contributed by atoms with van der Waals surface area (Å²) in [5, 5.41) is 11.8. The summed E-state index contributed by atoms with van der Waals surface area (Å²) in [6.07, 6.45) is 1.75. The van der Waals surface area contributed by atoms with E-state index in [2.05, 4.69) is 21.2 Å². The molecule has 5 heteroatoms. The van der Waals surface area contributed by atoms with Crippen LogP contribution >= 0.6 is 15.9 Å². The number of rotatable bonds is 2. The number of carboxylic acids is 1. The van der Waals surface area contributed by atoms with E-state index in [0.717, 1.165) is 10.0 Å². The molecule has 1 heterocycles. The van der Waals surface area contributed by atoms with E-state index in [9.17, 15) is 9.59 Å². The Morgan fingerprint density at radius 2 is 2.00 bits per heavy atom. The van der Waals surface area contributed by atoms with Crippen LogP contribution in [0.4, 0.5) is 5.69 Å². The quantitative estimate of drug-likeness (QED) is 0.818. The summed E-state index contributed by atoms with van der Waals surface area (Å²) in [5.41, 5.74) is 2.73. The zero-order valence-corrected chi connectivity index (χ0v) is 12.3. The van der Waals surface area contributed by atoms with E-state index in [1.54, 1.807) is 12.1 Å². The van der Waals surface area contributed by atoms with Crippen LogP contribution in [0.3, 0.4) is 0 Å². The summed E-state index contributed by atoms with van der Waals surface area (Å²) in [4.78, 5) is 23.1. The van der Waals surface area contributed by atoms with Crippen molar-refractivity contribution in [2.24, 2.45) is 0 Å². The number of amides is 1. The van der Waals surface area contributed by atoms with Gasteiger partial charge in [0.05, 0.1) is 5.56 Å². The molecule has 21 heavy (non-hydrogen) atoms. The number of anilines is 1. The molecule has 1 amide bonds. The Morgan fingerprint density at radius 1 is 1.19 bits per heavy atom. The van der Waals surface area contributed by atoms with E-state index in [1.165, 1.54) is 12.1 Å². The summed E-state index contributed by atoms with van der Waals surface area (Å²) in [6, 6.07) is 12.1. The summed E-state index contributed by atoms with van der Waals surface area (Å²) in [5.74, 6) is -1.24. The molecule has 1 aliphatic heterocycles. The molecule has 0 aliphatic carbocycles. The van der Waals surface area contributed by atoms with Crippen LogP contribution in [0.25, 0.3) is 11.6 Å². The van der Waals surface area contributed by atoms with Crippen LogP contribution in [0.2, 0.25) is 0 Å². The van der Waals surface area contributed by atoms with Crippen molar-refractivity contribution in [3.8, 4) is 0 Å². The van der Waals surface area contributed by atoms with Crippen molar-refractivity contribution in [2.45, 2.75) is 0 Å². The van der Waals surface area contributed by atoms with Crippen molar-refractivity contribution in [3.63, 3.8) is 0 Å². The Labute approximate surface area is 129 Å². The second-order valence-electron chi connectivity index (χ2n) is 4.63. The average Bonchev–Trinajstić information content (AvgIpc) is 2.74. The summed E-state index contributed by atoms with van der Waals surface area (Å²) in [7, 11) is 0. The fourth-order valence-electron chi connectivity index (χ4n) is 2.23. The first-order valence-corrected chi connectivity index (χ1v) is 7.00. The van der Waals surface area contributed by atoms with Gasteiger partial charge in [-0.15, -0.1) is 0 Å². The third-order valence-corrected chi connectivity index (χ3v) is 3.70. The molecule has 4 nitrogen and oxygen atoms in total. The van der Waals surface area contributed by atoms with Crippen molar-refractivity contribution < 1.29 is 14.7 Å². The highest BCUT2D eigenvalue weighted by molar-refractivity contribution is 9.10. The molecule has 0 aromatic heterocycles. The Bertz CT molecular complexity index is 796. The van der Waals surface area contributed by atoms with E-state index in [1.807, 2.05) is 24.3 Å². The molecule has 1 aliphatic rings. The molecule has 0 unspecified atom stereocenters. The van der Waals surface area contributed by atoms with Gasteiger partial charge >= 0.3 is 5.97 Å². The van der Waals surface area contributed by atoms with Crippen LogP contribution in [-0.2, 0) is 4.79 Å². The molecule has 0 fully saturated rings. The largest absolute Gasteiger partial charge is 0.478 e. The Balaban J connectivity index is 2.11. The van der Waals surface area contributed by atoms with E-state index < -0.39 is 5.97 Å². The van der Waals surface area contributed by atoms with Gasteiger partial charge in [0.1, 0.15) is 0 Å². The smallest absolute Gasteiger partial charge is 0.335 e. The fraction of sp³-hybridized carbons (Fsp3) is 0. The monoisotopic (exact) mass is 343 g/mol. The summed E-state index contributed by atoms with van der Waals surface area (Å²) < 4.78 is 0.912. The van der Waals surface area contributed by atoms with Gasteiger partial charge in [-0.25, -0.2) is 4.79 Å². The molecule has 2 aromatic carbocycles. The third-order valence-electron chi connectivity index (χ3n) is 3.21. The molecule has 0 spiro atoms. The van der Waals surface area contributed by atoms with Gasteiger partial charge in [-0.3, -0.25) is 4.79 Å². The fourth-order valence-corrected chi connectivity index (χ4v) is 2.64. The number of carbonyl (C=O) groups is 2. The Morgan fingerprint density at radius 3 is 2.71 bits per heavy atom. The topological polar surface area (TPSA) is 66.4 Å². The highest BCUT2D eigenvalue weighted by Gasteiger charge is 2.25. The highest BCUT2D eigenvalue weighted by Crippen LogP contribution is 2.34. The lowest BCUT2D eigenvalue weighted by molar-refractivity contribution is -0.110. The minimum atomic E-state index is -1.01. The van der Waals surface area contributed by atoms with Crippen molar-refractivity contribution in [1.29, 1.82) is 0 Å². The minimum absolute atomic E-state index is 0.158. The number of aromatic carboxylic acids is 1. The first kappa shape index (κ1) is 13.6. The second kappa shape index (κ2) is 5.18. The lowest BCUT2D eigenvalue weighted by Gasteiger charge is -2.01. The number of hydrogen-bond donors (Lipinski definition) is 2. The Kier molecular flexibility index (Phi) is 3.35. The van der Waals surface area contributed by atoms with Crippen LogP contribution in [-0.4, -0.2) is 17.0 Å². The summed E-state index contributed by atoms with van der Waals surface area (Å²) >= 11 is 3.38. The van der Waals surface area contributed by atoms with Crippen molar-refractivity contribution in [2.75, 3.05) is 5.32 Å². The van der Waals surface area contributed by atoms with Crippen molar-refractivity contribution in [3.05, 3.63) is 63.6 Å². The molecule has 0 radical (unpaired) electrons. The average molecular weight is 344 g/mol. The number of nitrogens with one attached hydrogen (secondary N) is 1. The SMILES string of the molecule is O=C1Nc2ccc(C(=O)O)cc2/C1=C\c1cccc(Br)c1. The van der Waals surface area contributed by atoms with Crippen LogP contribution in [0.5, 0.6) is 0 Å². The first-order valence-electron chi connectivity index (χ1n) is 6.21. The lowest BCUT2D eigenvalue weighted by atomic mass is 10.0. The van der Waals surface area contributed by atoms with E-state index in [0.29, 0.717) is 16.8 Å². The molecule has 2 aromatic rings. The van der Waals surface area contributed by atoms with Crippen LogP contribution in [0.15, 0.2) is 46.9 Å². The van der Waals surface area contributed by atoms with Crippen LogP contribution in [0.1, 0.15) is 21.5 Å². The highest BCUT2D eigenvalue weighted by atomic mass is 79.9. The lowest BCUT2D eigenvalue weighted by Crippen LogP contribution is -2.03. The molecular weight excluding hydrogens is 334 g/mol. The predicted octanol–water partition coefficient (Wildman–Crippen LogP) is 3.64. The van der Waals surface area contributed by atoms with E-state index >= 15 is 0 Å². The van der Waals surface area contributed by atoms with Gasteiger partial charge in [0.15, 0.2) is 0 Å². The van der Waals surface area contributed by atoms with Crippen LogP contribution < -0.4 is 5.32 Å². The molecule has 0 saturated heterocycles. The molecule has 3 rings (SSSR count). The van der Waals surface area contributed by atoms with E-state index in [-0.39, 0.29) is 11.5 Å². The number of halogens is 1. The van der Waals surface area contributed by atoms with Gasteiger partial charge in [0, 0.05) is 21.3 Å². The van der Waals surface area contributed by atoms with Gasteiger partial charge in [-0.2, -0.15) is 0 Å². The summed E-state index contributed by atoms with van der Waals surface area (Å²) in [6.45, 7) is 0. The van der Waals surface area contributed by atoms with Gasteiger partial charge in [-0.05, 0) is 42.0 Å². The first-order chi connectivity index (χ1) is 10.0. The number of carboxylic acid groups (broad SMARTS) is 1. The van der Waals surface area contributed by atoms with Crippen molar-refractivity contribution in [1.82, 2.24) is 0 Å². The third kappa shape index (κ3) is 2.60. The van der Waals surface area contributed by atoms with Crippen molar-refractivity contribution >= 4 is 45.1 Å². The molecule has 104 valence electrons. The van der Waals surface area contributed by atoms with Gasteiger partial charge in [0.2, 0.25) is 0 Å². The number of fused-ring (bicyclic) bond motifs is 1. The minimum Gasteiger partial charge on any atom is -0.478 e. The molecule has 0 bridgehead atoms. The predicted molar refractivity (Wildman–Crippen MR) is 84.0 cm³/mol. The zero-order valence-electron chi connectivity index (χ0n) is 10.8. The number of benzene rings is 2. The van der Waals surface area contributed by atoms with Gasteiger partial charge < -0.3 is 10.4 Å². The van der Waals surface area contributed by atoms with Gasteiger partial charge in [0.25, 0.3) is 5.91 Å². The Hall–Kier alpha value is -2.40. The number of carbonyl (C=O) groups excluding carboxylic acids is 1. The van der Waals surface area contributed by atoms with E-state index in [4.69, 9.17) is 5.11 Å². The second-order valence-corrected chi connectivity index (χ2v) is 5.55. The number of hydrogen-bond acceptors (Lipinski definition) is 2. The molecule has 2 N–H and O–H groups in total. The molecule has 0 saturated carbocycles.